The summed E-state index contributed by atoms with van der Waals surface area (Å²) in [5.74, 6) is 0.262. The molecule has 1 atom stereocenters. The van der Waals surface area contributed by atoms with Crippen LogP contribution in [0.15, 0.2) is 36.4 Å². The maximum absolute atomic E-state index is 12.2. The van der Waals surface area contributed by atoms with Gasteiger partial charge in [0.2, 0.25) is 5.91 Å². The largest absolute Gasteiger partial charge is 0.496 e. The predicted molar refractivity (Wildman–Crippen MR) is 157 cm³/mol. The molecule has 3 amide bonds. The number of carbonyl (C=O) groups is 3. The molecule has 1 saturated carbocycles. The van der Waals surface area contributed by atoms with Crippen molar-refractivity contribution >= 4 is 29.5 Å². The Morgan fingerprint density at radius 3 is 2.56 bits per heavy atom. The zero-order chi connectivity index (χ0) is 29.1. The lowest BCUT2D eigenvalue weighted by atomic mass is 9.81. The van der Waals surface area contributed by atoms with Crippen LogP contribution < -0.4 is 4.74 Å². The number of ether oxygens (including phenoxy) is 1. The third kappa shape index (κ3) is 6.70. The monoisotopic (exact) mass is 581 g/mol. The van der Waals surface area contributed by atoms with Gasteiger partial charge < -0.3 is 14.7 Å². The fourth-order valence-electron chi connectivity index (χ4n) is 6.81. The number of hydrogen-bond donors (Lipinski definition) is 1. The number of rotatable bonds is 11. The Balaban J connectivity index is 1.29. The van der Waals surface area contributed by atoms with E-state index in [9.17, 15) is 19.5 Å². The summed E-state index contributed by atoms with van der Waals surface area (Å²) in [6.45, 7) is 2.24. The molecule has 2 fully saturated rings. The molecule has 0 bridgehead atoms. The first-order chi connectivity index (χ1) is 19.7. The molecule has 1 saturated heterocycles. The van der Waals surface area contributed by atoms with Crippen molar-refractivity contribution in [2.45, 2.75) is 64.0 Å². The first-order valence-electron chi connectivity index (χ1n) is 14.7. The maximum Gasteiger partial charge on any atom is 0.326 e. The van der Waals surface area contributed by atoms with Crippen molar-refractivity contribution in [3.8, 4) is 5.75 Å². The Hall–Kier alpha value is -3.10. The average molecular weight is 582 g/mol. The molecule has 3 aliphatic rings. The molecular weight excluding hydrogens is 542 g/mol. The summed E-state index contributed by atoms with van der Waals surface area (Å²) in [7, 11) is 3.33. The summed E-state index contributed by atoms with van der Waals surface area (Å²) in [6, 6.07) is 12.7. The Morgan fingerprint density at radius 2 is 1.88 bits per heavy atom. The van der Waals surface area contributed by atoms with Crippen LogP contribution in [-0.4, -0.2) is 71.5 Å². The second kappa shape index (κ2) is 12.8. The van der Waals surface area contributed by atoms with Crippen LogP contribution in [0.25, 0.3) is 0 Å². The maximum atomic E-state index is 12.2. The van der Waals surface area contributed by atoms with Crippen molar-refractivity contribution in [1.82, 2.24) is 14.7 Å². The molecule has 0 aromatic heterocycles. The fraction of sp³-hybridized carbons (Fsp3) is 0.531. The van der Waals surface area contributed by atoms with Crippen LogP contribution in [0.2, 0.25) is 5.02 Å². The lowest BCUT2D eigenvalue weighted by molar-refractivity contribution is -0.143. The molecule has 2 aliphatic carbocycles. The van der Waals surface area contributed by atoms with E-state index in [2.05, 4.69) is 35.2 Å². The van der Waals surface area contributed by atoms with Crippen LogP contribution in [0.4, 0.5) is 4.79 Å². The van der Waals surface area contributed by atoms with E-state index in [1.807, 2.05) is 6.07 Å². The van der Waals surface area contributed by atoms with Crippen LogP contribution in [-0.2, 0) is 29.0 Å². The van der Waals surface area contributed by atoms with Gasteiger partial charge in [0, 0.05) is 37.7 Å². The molecule has 1 aliphatic heterocycles. The lowest BCUT2D eigenvalue weighted by Gasteiger charge is -2.35. The quantitative estimate of drug-likeness (QED) is 0.350. The zero-order valence-electron chi connectivity index (χ0n) is 24.0. The van der Waals surface area contributed by atoms with Gasteiger partial charge in [-0.3, -0.25) is 19.4 Å². The molecule has 0 radical (unpaired) electrons. The van der Waals surface area contributed by atoms with E-state index in [0.717, 1.165) is 68.0 Å². The van der Waals surface area contributed by atoms with Crippen LogP contribution in [0.5, 0.6) is 5.75 Å². The van der Waals surface area contributed by atoms with Crippen LogP contribution in [0.1, 0.15) is 66.8 Å². The van der Waals surface area contributed by atoms with E-state index in [1.165, 1.54) is 26.5 Å². The third-order valence-corrected chi connectivity index (χ3v) is 9.31. The summed E-state index contributed by atoms with van der Waals surface area (Å²) in [5, 5.41) is 10.2. The number of carbonyl (C=O) groups excluding carboxylic acids is 2. The molecule has 1 N–H and O–H groups in total. The second-order valence-corrected chi connectivity index (χ2v) is 12.3. The first-order valence-corrected chi connectivity index (χ1v) is 15.1. The van der Waals surface area contributed by atoms with E-state index in [-0.39, 0.29) is 24.4 Å². The average Bonchev–Trinajstić information content (AvgIpc) is 3.48. The highest BCUT2D eigenvalue weighted by atomic mass is 35.5. The highest BCUT2D eigenvalue weighted by Gasteiger charge is 2.34. The van der Waals surface area contributed by atoms with Gasteiger partial charge in [-0.25, -0.2) is 4.79 Å². The summed E-state index contributed by atoms with van der Waals surface area (Å²) in [6.07, 6.45) is 6.80. The van der Waals surface area contributed by atoms with E-state index in [4.69, 9.17) is 16.3 Å². The molecule has 8 nitrogen and oxygen atoms in total. The third-order valence-electron chi connectivity index (χ3n) is 9.08. The zero-order valence-corrected chi connectivity index (χ0v) is 24.7. The molecule has 2 aromatic carbocycles. The van der Waals surface area contributed by atoms with Crippen LogP contribution >= 0.6 is 11.6 Å². The lowest BCUT2D eigenvalue weighted by Crippen LogP contribution is -2.34. The number of amides is 3. The van der Waals surface area contributed by atoms with Gasteiger partial charge in [0.25, 0.3) is 0 Å². The van der Waals surface area contributed by atoms with Gasteiger partial charge in [-0.05, 0) is 97.7 Å². The van der Waals surface area contributed by atoms with Crippen LogP contribution in [0, 0.1) is 11.8 Å². The Bertz CT molecular complexity index is 1290. The molecular formula is C32H40ClN3O5. The van der Waals surface area contributed by atoms with Crippen molar-refractivity contribution < 1.29 is 24.2 Å². The number of halogens is 1. The minimum Gasteiger partial charge on any atom is -0.496 e. The Morgan fingerprint density at radius 1 is 1.10 bits per heavy atom. The summed E-state index contributed by atoms with van der Waals surface area (Å²) in [4.78, 5) is 41.1. The number of carboxylic acid groups (broad SMARTS) is 1. The predicted octanol–water partition coefficient (Wildman–Crippen LogP) is 5.56. The number of imide groups is 1. The number of likely N-dealkylation sites (N-methyl/N-ethyl adjacent to an activating group) is 1. The number of benzene rings is 2. The SMILES string of the molecule is COc1cc(CN(CC2CCC(C(=O)O)CC2)C2CCc3cc(Cl)ccc32)ccc1CCCN1C(=O)CN(C)C1=O. The fourth-order valence-corrected chi connectivity index (χ4v) is 7.01. The normalized spacial score (nSPS) is 22.5. The molecule has 1 unspecified atom stereocenters. The van der Waals surface area contributed by atoms with Gasteiger partial charge >= 0.3 is 12.0 Å². The van der Waals surface area contributed by atoms with Gasteiger partial charge in [-0.1, -0.05) is 29.8 Å². The summed E-state index contributed by atoms with van der Waals surface area (Å²) >= 11 is 6.30. The number of hydrogen-bond acceptors (Lipinski definition) is 5. The molecule has 2 aromatic rings. The van der Waals surface area contributed by atoms with Crippen molar-refractivity contribution in [3.05, 3.63) is 63.7 Å². The number of methoxy groups -OCH3 is 1. The topological polar surface area (TPSA) is 90.4 Å². The molecule has 220 valence electrons. The van der Waals surface area contributed by atoms with Crippen LogP contribution in [0.3, 0.4) is 0 Å². The molecule has 0 spiro atoms. The van der Waals surface area contributed by atoms with Crippen molar-refractivity contribution in [1.29, 1.82) is 0 Å². The minimum atomic E-state index is -0.667. The van der Waals surface area contributed by atoms with E-state index >= 15 is 0 Å². The van der Waals surface area contributed by atoms with Gasteiger partial charge in [0.15, 0.2) is 0 Å². The molecule has 5 rings (SSSR count). The highest BCUT2D eigenvalue weighted by Crippen LogP contribution is 2.40. The summed E-state index contributed by atoms with van der Waals surface area (Å²) in [5.41, 5.74) is 4.88. The van der Waals surface area contributed by atoms with Gasteiger partial charge in [0.05, 0.1) is 13.0 Å². The number of urea groups is 1. The summed E-state index contributed by atoms with van der Waals surface area (Å²) < 4.78 is 5.78. The number of nitrogens with zero attached hydrogens (tertiary/aromatic N) is 3. The first kappa shape index (κ1) is 29.4. The van der Waals surface area contributed by atoms with Gasteiger partial charge in [-0.15, -0.1) is 0 Å². The highest BCUT2D eigenvalue weighted by molar-refractivity contribution is 6.30. The van der Waals surface area contributed by atoms with E-state index in [0.29, 0.717) is 31.3 Å². The van der Waals surface area contributed by atoms with E-state index in [1.54, 1.807) is 14.2 Å². The van der Waals surface area contributed by atoms with Crippen molar-refractivity contribution in [2.24, 2.45) is 11.8 Å². The molecule has 1 heterocycles. The number of aryl methyl sites for hydroxylation is 2. The van der Waals surface area contributed by atoms with E-state index < -0.39 is 5.97 Å². The van der Waals surface area contributed by atoms with Crippen molar-refractivity contribution in [3.63, 3.8) is 0 Å². The molecule has 41 heavy (non-hydrogen) atoms. The second-order valence-electron chi connectivity index (χ2n) is 11.8. The molecule has 9 heteroatoms. The number of fused-ring (bicyclic) bond motifs is 1. The van der Waals surface area contributed by atoms with Gasteiger partial charge in [-0.2, -0.15) is 0 Å². The van der Waals surface area contributed by atoms with Gasteiger partial charge in [0.1, 0.15) is 12.3 Å². The minimum absolute atomic E-state index is 0.146. The Kier molecular flexibility index (Phi) is 9.19. The Labute approximate surface area is 247 Å². The number of carboxylic acids is 1. The smallest absolute Gasteiger partial charge is 0.326 e. The van der Waals surface area contributed by atoms with Crippen molar-refractivity contribution in [2.75, 3.05) is 33.8 Å². The standard InChI is InChI=1S/C32H40ClN3O5/c1-34-20-30(37)36(32(34)40)15-3-4-23-8-7-22(16-29(23)41-2)19-35(18-21-5-9-24(10-6-21)31(38)39)28-14-11-25-17-26(33)12-13-27(25)28/h7-8,12-13,16-17,21,24,28H,3-6,9-11,14-15,18-20H2,1-2H3,(H,38,39). The number of aliphatic carboxylic acids is 1.